The van der Waals surface area contributed by atoms with Gasteiger partial charge >= 0.3 is 0 Å². The Morgan fingerprint density at radius 2 is 1.81 bits per heavy atom. The lowest BCUT2D eigenvalue weighted by Gasteiger charge is -2.16. The average Bonchev–Trinajstić information content (AvgIpc) is 2.76. The number of hydrogen-bond donors (Lipinski definition) is 2. The van der Waals surface area contributed by atoms with Crippen LogP contribution in [-0.2, 0) is 17.8 Å². The highest BCUT2D eigenvalue weighted by atomic mass is 127. The summed E-state index contributed by atoms with van der Waals surface area (Å²) >= 11 is 0. The van der Waals surface area contributed by atoms with Gasteiger partial charge in [-0.15, -0.1) is 24.0 Å². The van der Waals surface area contributed by atoms with E-state index >= 15 is 0 Å². The Hall–Kier alpha value is -2.14. The summed E-state index contributed by atoms with van der Waals surface area (Å²) in [7, 11) is 3.36. The first-order valence-corrected chi connectivity index (χ1v) is 10.2. The van der Waals surface area contributed by atoms with Gasteiger partial charge in [0.15, 0.2) is 5.96 Å². The van der Waals surface area contributed by atoms with E-state index in [0.717, 1.165) is 28.9 Å². The zero-order valence-electron chi connectivity index (χ0n) is 18.7. The number of alkyl halides is 2. The Labute approximate surface area is 205 Å². The summed E-state index contributed by atoms with van der Waals surface area (Å²) in [5, 5.41) is 6.49. The number of aryl methyl sites for hydroxylation is 1. The Bertz CT molecular complexity index is 838. The minimum Gasteiger partial charge on any atom is -0.493 e. The lowest BCUT2D eigenvalue weighted by Crippen LogP contribution is -2.36. The maximum atomic E-state index is 12.3. The van der Waals surface area contributed by atoms with Crippen molar-refractivity contribution in [1.82, 2.24) is 10.6 Å². The van der Waals surface area contributed by atoms with Gasteiger partial charge in [-0.3, -0.25) is 4.99 Å². The van der Waals surface area contributed by atoms with Crippen LogP contribution in [0, 0.1) is 6.92 Å². The van der Waals surface area contributed by atoms with Crippen molar-refractivity contribution >= 4 is 29.9 Å². The quantitative estimate of drug-likeness (QED) is 0.172. The molecule has 6 nitrogen and oxygen atoms in total. The number of methoxy groups -OCH3 is 1. The third kappa shape index (κ3) is 10.4. The Morgan fingerprint density at radius 1 is 1.03 bits per heavy atom. The first-order valence-electron chi connectivity index (χ1n) is 10.2. The maximum absolute atomic E-state index is 12.3. The van der Waals surface area contributed by atoms with E-state index in [1.807, 2.05) is 31.2 Å². The SMILES string of the molecule is CN=C(NCc1cccc(OCC(F)F)c1)NCc1ccc(C)cc1OCCCOC.I. The minimum absolute atomic E-state index is 0. The molecule has 0 atom stereocenters. The molecule has 0 saturated carbocycles. The summed E-state index contributed by atoms with van der Waals surface area (Å²) in [5.41, 5.74) is 3.04. The van der Waals surface area contributed by atoms with Crippen LogP contribution in [0.25, 0.3) is 0 Å². The second-order valence-electron chi connectivity index (χ2n) is 6.93. The molecule has 0 spiro atoms. The van der Waals surface area contributed by atoms with Gasteiger partial charge in [0.05, 0.1) is 6.61 Å². The predicted octanol–water partition coefficient (Wildman–Crippen LogP) is 4.54. The third-order valence-electron chi connectivity index (χ3n) is 4.38. The highest BCUT2D eigenvalue weighted by Crippen LogP contribution is 2.20. The van der Waals surface area contributed by atoms with Crippen molar-refractivity contribution in [3.05, 3.63) is 59.2 Å². The van der Waals surface area contributed by atoms with E-state index in [1.54, 1.807) is 32.4 Å². The smallest absolute Gasteiger partial charge is 0.272 e. The molecule has 178 valence electrons. The monoisotopic (exact) mass is 563 g/mol. The fraction of sp³-hybridized carbons (Fsp3) is 0.435. The van der Waals surface area contributed by atoms with E-state index in [-0.39, 0.29) is 24.0 Å². The van der Waals surface area contributed by atoms with Crippen LogP contribution in [0.3, 0.4) is 0 Å². The summed E-state index contributed by atoms with van der Waals surface area (Å²) in [6.07, 6.45) is -1.68. The molecule has 0 bridgehead atoms. The van der Waals surface area contributed by atoms with Crippen molar-refractivity contribution in [3.63, 3.8) is 0 Å². The van der Waals surface area contributed by atoms with Crippen molar-refractivity contribution in [2.75, 3.05) is 34.0 Å². The summed E-state index contributed by atoms with van der Waals surface area (Å²) < 4.78 is 40.7. The number of nitrogens with zero attached hydrogens (tertiary/aromatic N) is 1. The van der Waals surface area contributed by atoms with Crippen molar-refractivity contribution in [2.24, 2.45) is 4.99 Å². The summed E-state index contributed by atoms with van der Waals surface area (Å²) in [6, 6.07) is 13.1. The Kier molecular flexibility index (Phi) is 13.6. The number of ether oxygens (including phenoxy) is 3. The second kappa shape index (κ2) is 15.6. The van der Waals surface area contributed by atoms with Crippen LogP contribution >= 0.6 is 24.0 Å². The predicted molar refractivity (Wildman–Crippen MR) is 134 cm³/mol. The molecular formula is C23H32F2IN3O3. The Balaban J connectivity index is 0.00000512. The molecule has 2 rings (SSSR count). The molecule has 0 aromatic heterocycles. The van der Waals surface area contributed by atoms with Gasteiger partial charge in [0.25, 0.3) is 6.43 Å². The molecule has 0 unspecified atom stereocenters. The highest BCUT2D eigenvalue weighted by Gasteiger charge is 2.07. The van der Waals surface area contributed by atoms with E-state index < -0.39 is 13.0 Å². The lowest BCUT2D eigenvalue weighted by atomic mass is 10.1. The van der Waals surface area contributed by atoms with E-state index in [1.165, 1.54) is 0 Å². The van der Waals surface area contributed by atoms with Crippen molar-refractivity contribution < 1.29 is 23.0 Å². The number of hydrogen-bond acceptors (Lipinski definition) is 4. The van der Waals surface area contributed by atoms with Gasteiger partial charge in [0.2, 0.25) is 0 Å². The van der Waals surface area contributed by atoms with Gasteiger partial charge < -0.3 is 24.8 Å². The molecule has 0 radical (unpaired) electrons. The molecule has 2 aromatic carbocycles. The molecule has 0 heterocycles. The van der Waals surface area contributed by atoms with Crippen molar-refractivity contribution in [1.29, 1.82) is 0 Å². The molecule has 32 heavy (non-hydrogen) atoms. The topological polar surface area (TPSA) is 64.1 Å². The molecule has 0 aliphatic rings. The number of nitrogens with one attached hydrogen (secondary N) is 2. The van der Waals surface area contributed by atoms with E-state index in [9.17, 15) is 8.78 Å². The fourth-order valence-electron chi connectivity index (χ4n) is 2.82. The molecule has 2 N–H and O–H groups in total. The summed E-state index contributed by atoms with van der Waals surface area (Å²) in [6.45, 7) is 3.66. The maximum Gasteiger partial charge on any atom is 0.272 e. The zero-order chi connectivity index (χ0) is 22.5. The van der Waals surface area contributed by atoms with Crippen LogP contribution in [0.4, 0.5) is 8.78 Å². The highest BCUT2D eigenvalue weighted by molar-refractivity contribution is 14.0. The van der Waals surface area contributed by atoms with Crippen LogP contribution in [0.15, 0.2) is 47.5 Å². The zero-order valence-corrected chi connectivity index (χ0v) is 21.0. The molecule has 0 fully saturated rings. The standard InChI is InChI=1S/C23H31F2N3O3.HI/c1-17-8-9-19(21(12-17)30-11-5-10-29-3)15-28-23(26-2)27-14-18-6-4-7-20(13-18)31-16-22(24)25;/h4,6-9,12-13,22H,5,10-11,14-16H2,1-3H3,(H2,26,27,28);1H. The van der Waals surface area contributed by atoms with E-state index in [2.05, 4.69) is 15.6 Å². The first-order chi connectivity index (χ1) is 15.0. The van der Waals surface area contributed by atoms with Gasteiger partial charge in [-0.2, -0.15) is 0 Å². The number of aliphatic imine (C=N–C) groups is 1. The lowest BCUT2D eigenvalue weighted by molar-refractivity contribution is 0.0818. The van der Waals surface area contributed by atoms with Crippen LogP contribution in [-0.4, -0.2) is 46.4 Å². The van der Waals surface area contributed by atoms with Crippen LogP contribution in [0.5, 0.6) is 11.5 Å². The number of benzene rings is 2. The molecule has 2 aromatic rings. The van der Waals surface area contributed by atoms with Gasteiger partial charge in [0.1, 0.15) is 18.1 Å². The summed E-state index contributed by atoms with van der Waals surface area (Å²) in [5.74, 6) is 1.87. The van der Waals surface area contributed by atoms with E-state index in [4.69, 9.17) is 14.2 Å². The molecule has 0 amide bonds. The molecular weight excluding hydrogens is 531 g/mol. The molecule has 9 heteroatoms. The fourth-order valence-corrected chi connectivity index (χ4v) is 2.82. The van der Waals surface area contributed by atoms with Crippen molar-refractivity contribution in [3.8, 4) is 11.5 Å². The normalized spacial score (nSPS) is 11.1. The van der Waals surface area contributed by atoms with Crippen LogP contribution < -0.4 is 20.1 Å². The number of rotatable bonds is 12. The molecule has 0 aliphatic heterocycles. The van der Waals surface area contributed by atoms with Gasteiger partial charge in [0, 0.05) is 45.8 Å². The summed E-state index contributed by atoms with van der Waals surface area (Å²) in [4.78, 5) is 4.24. The van der Waals surface area contributed by atoms with Gasteiger partial charge in [-0.25, -0.2) is 8.78 Å². The van der Waals surface area contributed by atoms with Crippen LogP contribution in [0.2, 0.25) is 0 Å². The Morgan fingerprint density at radius 3 is 2.53 bits per heavy atom. The second-order valence-corrected chi connectivity index (χ2v) is 6.93. The van der Waals surface area contributed by atoms with Crippen molar-refractivity contribution in [2.45, 2.75) is 32.9 Å². The van der Waals surface area contributed by atoms with Gasteiger partial charge in [-0.05, 0) is 36.2 Å². The third-order valence-corrected chi connectivity index (χ3v) is 4.38. The van der Waals surface area contributed by atoms with E-state index in [0.29, 0.717) is 38.0 Å². The number of guanidine groups is 1. The molecule has 0 saturated heterocycles. The average molecular weight is 563 g/mol. The minimum atomic E-state index is -2.50. The first kappa shape index (κ1) is 27.9. The molecule has 0 aliphatic carbocycles. The largest absolute Gasteiger partial charge is 0.493 e. The van der Waals surface area contributed by atoms with Crippen LogP contribution in [0.1, 0.15) is 23.1 Å². The number of halogens is 3. The van der Waals surface area contributed by atoms with Gasteiger partial charge in [-0.1, -0.05) is 24.3 Å².